The van der Waals surface area contributed by atoms with Crippen LogP contribution in [0.15, 0.2) is 47.5 Å². The first-order valence-corrected chi connectivity index (χ1v) is 10.4. The number of sulfonamides is 1. The van der Waals surface area contributed by atoms with Crippen LogP contribution in [0.25, 0.3) is 5.69 Å². The van der Waals surface area contributed by atoms with E-state index in [0.29, 0.717) is 5.82 Å². The zero-order valence-corrected chi connectivity index (χ0v) is 17.5. The minimum atomic E-state index is -3.92. The van der Waals surface area contributed by atoms with Crippen molar-refractivity contribution in [3.05, 3.63) is 59.4 Å². The van der Waals surface area contributed by atoms with Crippen LogP contribution in [0.1, 0.15) is 37.6 Å². The predicted molar refractivity (Wildman–Crippen MR) is 111 cm³/mol. The molecule has 2 heterocycles. The molecule has 0 saturated carbocycles. The molecule has 0 atom stereocenters. The molecule has 0 radical (unpaired) electrons. The molecular formula is C20H25N5O2S. The topological polar surface area (TPSA) is 103 Å². The summed E-state index contributed by atoms with van der Waals surface area (Å²) in [7, 11) is -3.92. The number of nitrogens with two attached hydrogens (primary N) is 1. The molecule has 2 aromatic heterocycles. The van der Waals surface area contributed by atoms with Gasteiger partial charge in [-0.3, -0.25) is 0 Å². The minimum absolute atomic E-state index is 0.0685. The lowest BCUT2D eigenvalue weighted by molar-refractivity contribution is 0.560. The molecule has 0 fully saturated rings. The fourth-order valence-corrected chi connectivity index (χ4v) is 3.44. The lowest BCUT2D eigenvalue weighted by Crippen LogP contribution is -2.15. The average Bonchev–Trinajstić information content (AvgIpc) is 3.00. The molecule has 0 unspecified atom stereocenters. The lowest BCUT2D eigenvalue weighted by atomic mass is 9.92. The average molecular weight is 400 g/mol. The summed E-state index contributed by atoms with van der Waals surface area (Å²) in [6, 6.07) is 11.0. The van der Waals surface area contributed by atoms with E-state index in [-0.39, 0.29) is 16.1 Å². The first-order valence-electron chi connectivity index (χ1n) is 8.90. The first kappa shape index (κ1) is 20.0. The summed E-state index contributed by atoms with van der Waals surface area (Å²) >= 11 is 0. The SMILES string of the molecule is Cc1ccc(C)c(-n2nc(C(C)(C)C)cc2Nc2ncccc2S(N)(=O)=O)c1. The molecule has 28 heavy (non-hydrogen) atoms. The maximum Gasteiger partial charge on any atom is 0.241 e. The van der Waals surface area contributed by atoms with Gasteiger partial charge in [0, 0.05) is 17.7 Å². The van der Waals surface area contributed by atoms with Crippen LogP contribution in [-0.2, 0) is 15.4 Å². The molecule has 0 amide bonds. The summed E-state index contributed by atoms with van der Waals surface area (Å²) in [5.41, 5.74) is 3.73. The summed E-state index contributed by atoms with van der Waals surface area (Å²) < 4.78 is 25.7. The highest BCUT2D eigenvalue weighted by molar-refractivity contribution is 7.89. The van der Waals surface area contributed by atoms with Gasteiger partial charge in [0.1, 0.15) is 10.7 Å². The zero-order valence-electron chi connectivity index (χ0n) is 16.7. The van der Waals surface area contributed by atoms with Crippen LogP contribution in [0.3, 0.4) is 0 Å². The number of primary sulfonamides is 1. The molecule has 3 aromatic rings. The summed E-state index contributed by atoms with van der Waals surface area (Å²) in [6.07, 6.45) is 1.51. The third kappa shape index (κ3) is 4.07. The number of rotatable bonds is 4. The van der Waals surface area contributed by atoms with Gasteiger partial charge in [-0.05, 0) is 43.2 Å². The Balaban J connectivity index is 2.19. The molecule has 7 nitrogen and oxygen atoms in total. The second kappa shape index (κ2) is 7.03. The van der Waals surface area contributed by atoms with E-state index in [2.05, 4.69) is 31.1 Å². The van der Waals surface area contributed by atoms with Gasteiger partial charge in [-0.1, -0.05) is 32.9 Å². The number of nitrogens with one attached hydrogen (secondary N) is 1. The van der Waals surface area contributed by atoms with Gasteiger partial charge in [0.05, 0.1) is 11.4 Å². The monoisotopic (exact) mass is 399 g/mol. The number of hydrogen-bond acceptors (Lipinski definition) is 5. The van der Waals surface area contributed by atoms with Gasteiger partial charge in [-0.15, -0.1) is 0 Å². The van der Waals surface area contributed by atoms with E-state index in [1.807, 2.05) is 38.1 Å². The van der Waals surface area contributed by atoms with Crippen molar-refractivity contribution >= 4 is 21.7 Å². The number of aromatic nitrogens is 3. The van der Waals surface area contributed by atoms with Gasteiger partial charge in [0.2, 0.25) is 10.0 Å². The van der Waals surface area contributed by atoms with Crippen molar-refractivity contribution in [1.29, 1.82) is 0 Å². The molecule has 0 aliphatic rings. The molecule has 0 bridgehead atoms. The Bertz CT molecular complexity index is 1130. The normalized spacial score (nSPS) is 12.2. The molecule has 8 heteroatoms. The fourth-order valence-electron chi connectivity index (χ4n) is 2.80. The minimum Gasteiger partial charge on any atom is -0.324 e. The molecule has 1 aromatic carbocycles. The van der Waals surface area contributed by atoms with Crippen LogP contribution >= 0.6 is 0 Å². The summed E-state index contributed by atoms with van der Waals surface area (Å²) in [5, 5.41) is 13.3. The van der Waals surface area contributed by atoms with Crippen LogP contribution in [0, 0.1) is 13.8 Å². The highest BCUT2D eigenvalue weighted by Crippen LogP contribution is 2.30. The molecule has 0 saturated heterocycles. The molecular weight excluding hydrogens is 374 g/mol. The Kier molecular flexibility index (Phi) is 5.03. The number of anilines is 2. The zero-order chi connectivity index (χ0) is 20.7. The van der Waals surface area contributed by atoms with E-state index in [1.54, 1.807) is 4.68 Å². The van der Waals surface area contributed by atoms with E-state index >= 15 is 0 Å². The fraction of sp³-hybridized carbons (Fsp3) is 0.300. The van der Waals surface area contributed by atoms with Crippen molar-refractivity contribution in [2.75, 3.05) is 5.32 Å². The second-order valence-electron chi connectivity index (χ2n) is 7.89. The van der Waals surface area contributed by atoms with Crippen LogP contribution in [0.2, 0.25) is 0 Å². The Morgan fingerprint density at radius 3 is 2.46 bits per heavy atom. The van der Waals surface area contributed by atoms with Crippen LogP contribution in [0.5, 0.6) is 0 Å². The molecule has 0 aliphatic heterocycles. The summed E-state index contributed by atoms with van der Waals surface area (Å²) in [4.78, 5) is 4.11. The number of nitrogens with zero attached hydrogens (tertiary/aromatic N) is 3. The molecule has 148 valence electrons. The highest BCUT2D eigenvalue weighted by atomic mass is 32.2. The van der Waals surface area contributed by atoms with E-state index in [1.165, 1.54) is 18.3 Å². The summed E-state index contributed by atoms with van der Waals surface area (Å²) in [6.45, 7) is 10.2. The van der Waals surface area contributed by atoms with Crippen LogP contribution in [-0.4, -0.2) is 23.2 Å². The lowest BCUT2D eigenvalue weighted by Gasteiger charge is -2.15. The maximum absolute atomic E-state index is 11.9. The van der Waals surface area contributed by atoms with Crippen molar-refractivity contribution < 1.29 is 8.42 Å². The van der Waals surface area contributed by atoms with Gasteiger partial charge in [0.25, 0.3) is 0 Å². The van der Waals surface area contributed by atoms with Crippen LogP contribution < -0.4 is 10.5 Å². The number of benzene rings is 1. The maximum atomic E-state index is 11.9. The Morgan fingerprint density at radius 2 is 1.82 bits per heavy atom. The smallest absolute Gasteiger partial charge is 0.241 e. The van der Waals surface area contributed by atoms with E-state index in [9.17, 15) is 8.42 Å². The highest BCUT2D eigenvalue weighted by Gasteiger charge is 2.23. The van der Waals surface area contributed by atoms with Crippen molar-refractivity contribution in [2.24, 2.45) is 5.14 Å². The number of pyridine rings is 1. The molecule has 0 spiro atoms. The van der Waals surface area contributed by atoms with Gasteiger partial charge < -0.3 is 5.32 Å². The predicted octanol–water partition coefficient (Wildman–Crippen LogP) is 3.57. The Hall–Kier alpha value is -2.71. The third-order valence-electron chi connectivity index (χ3n) is 4.39. The summed E-state index contributed by atoms with van der Waals surface area (Å²) in [5.74, 6) is 0.777. The van der Waals surface area contributed by atoms with Gasteiger partial charge in [0.15, 0.2) is 5.82 Å². The quantitative estimate of drug-likeness (QED) is 0.698. The van der Waals surface area contributed by atoms with E-state index in [0.717, 1.165) is 22.5 Å². The number of aryl methyl sites for hydroxylation is 2. The van der Waals surface area contributed by atoms with Crippen molar-refractivity contribution in [1.82, 2.24) is 14.8 Å². The largest absolute Gasteiger partial charge is 0.324 e. The van der Waals surface area contributed by atoms with Gasteiger partial charge in [-0.2, -0.15) is 5.10 Å². The second-order valence-corrected chi connectivity index (χ2v) is 9.42. The van der Waals surface area contributed by atoms with Gasteiger partial charge in [-0.25, -0.2) is 23.2 Å². The number of hydrogen-bond donors (Lipinski definition) is 2. The molecule has 0 aliphatic carbocycles. The molecule has 3 rings (SSSR count). The Labute approximate surface area is 165 Å². The third-order valence-corrected chi connectivity index (χ3v) is 5.34. The van der Waals surface area contributed by atoms with Gasteiger partial charge >= 0.3 is 0 Å². The van der Waals surface area contributed by atoms with Crippen LogP contribution in [0.4, 0.5) is 11.6 Å². The van der Waals surface area contributed by atoms with Crippen molar-refractivity contribution in [2.45, 2.75) is 44.9 Å². The standard InChI is InChI=1S/C20H25N5O2S/c1-13-8-9-14(2)15(11-13)25-18(12-17(24-25)20(3,4)5)23-19-16(28(21,26)27)7-6-10-22-19/h6-12H,1-5H3,(H,22,23)(H2,21,26,27). The van der Waals surface area contributed by atoms with Crippen molar-refractivity contribution in [3.63, 3.8) is 0 Å². The molecule has 3 N–H and O–H groups in total. The van der Waals surface area contributed by atoms with Crippen molar-refractivity contribution in [3.8, 4) is 5.69 Å². The Morgan fingerprint density at radius 1 is 1.11 bits per heavy atom. The first-order chi connectivity index (χ1) is 13.0. The van der Waals surface area contributed by atoms with E-state index < -0.39 is 10.0 Å². The van der Waals surface area contributed by atoms with E-state index in [4.69, 9.17) is 10.2 Å².